The zero-order valence-corrected chi connectivity index (χ0v) is 26.4. The van der Waals surface area contributed by atoms with Gasteiger partial charge in [0.05, 0.1) is 35.3 Å². The first-order chi connectivity index (χ1) is 22.8. The molecular weight excluding hydrogens is 609 g/mol. The maximum atomic E-state index is 17.1. The normalized spacial score (nSPS) is 25.8. The molecule has 3 saturated heterocycles. The maximum Gasteiger partial charge on any atom is 0.225 e. The molecule has 0 radical (unpaired) electrons. The van der Waals surface area contributed by atoms with Crippen LogP contribution in [0.3, 0.4) is 0 Å². The molecule has 3 fully saturated rings. The van der Waals surface area contributed by atoms with E-state index in [1.807, 2.05) is 6.92 Å². The van der Waals surface area contributed by atoms with Crippen LogP contribution in [0, 0.1) is 11.6 Å². The van der Waals surface area contributed by atoms with Gasteiger partial charge in [-0.1, -0.05) is 25.8 Å². The summed E-state index contributed by atoms with van der Waals surface area (Å²) >= 11 is 0. The topological polar surface area (TPSA) is 91.2 Å². The Labute approximate surface area is 271 Å². The fraction of sp³-hybridized carbons (Fsp3) is 0.500. The van der Waals surface area contributed by atoms with Gasteiger partial charge in [0.15, 0.2) is 5.82 Å². The third-order valence-corrected chi connectivity index (χ3v) is 10.8. The van der Waals surface area contributed by atoms with Crippen molar-refractivity contribution in [2.75, 3.05) is 37.8 Å². The third kappa shape index (κ3) is 4.96. The smallest absolute Gasteiger partial charge is 0.225 e. The van der Waals surface area contributed by atoms with Crippen LogP contribution < -0.4 is 14.4 Å². The number of hydrogen-bond acceptors (Lipinski definition) is 8. The highest BCUT2D eigenvalue weighted by Crippen LogP contribution is 2.47. The van der Waals surface area contributed by atoms with Crippen molar-refractivity contribution in [1.82, 2.24) is 14.9 Å². The van der Waals surface area contributed by atoms with E-state index in [-0.39, 0.29) is 66.2 Å². The quantitative estimate of drug-likeness (QED) is 0.247. The Morgan fingerprint density at radius 1 is 1.09 bits per heavy atom. The standard InChI is InChI=1S/C36H39F3N4O4/c1-2-25-27(38)9-8-20-12-24(45)13-26(30(20)25)33-32(39)34-31-28(43-22(17-44)6-3-4-7-23(43)18-46-35(31)41-33)14-29(40-34)47-19-36-10-5-11-42(36)16-21(37)15-36/h8-9,12-14,21-23,44-45H,2-7,10-11,15-19H2,1H3/t21?,22-,23+,36+/m1/s1. The highest BCUT2D eigenvalue weighted by Gasteiger charge is 2.49. The van der Waals surface area contributed by atoms with Crippen LogP contribution in [0.4, 0.5) is 18.9 Å². The number of anilines is 1. The number of fused-ring (bicyclic) bond motifs is 4. The molecule has 1 unspecified atom stereocenters. The van der Waals surface area contributed by atoms with Crippen LogP contribution in [0.25, 0.3) is 32.9 Å². The van der Waals surface area contributed by atoms with E-state index < -0.39 is 23.3 Å². The molecule has 4 aliphatic heterocycles. The Morgan fingerprint density at radius 2 is 1.94 bits per heavy atom. The molecule has 6 heterocycles. The molecule has 11 heteroatoms. The predicted octanol–water partition coefficient (Wildman–Crippen LogP) is 6.45. The van der Waals surface area contributed by atoms with E-state index in [4.69, 9.17) is 19.4 Å². The Bertz CT molecular complexity index is 1870. The molecule has 2 N–H and O–H groups in total. The summed E-state index contributed by atoms with van der Waals surface area (Å²) in [6, 6.07) is 7.29. The summed E-state index contributed by atoms with van der Waals surface area (Å²) < 4.78 is 59.6. The molecule has 47 heavy (non-hydrogen) atoms. The van der Waals surface area contributed by atoms with E-state index in [2.05, 4.69) is 9.80 Å². The molecule has 4 aromatic rings. The van der Waals surface area contributed by atoms with E-state index in [0.717, 1.165) is 45.1 Å². The number of nitrogens with zero attached hydrogens (tertiary/aromatic N) is 4. The summed E-state index contributed by atoms with van der Waals surface area (Å²) in [5.41, 5.74) is 0.673. The molecule has 2 aromatic carbocycles. The highest BCUT2D eigenvalue weighted by molar-refractivity contribution is 6.04. The molecule has 2 aromatic heterocycles. The summed E-state index contributed by atoms with van der Waals surface area (Å²) in [4.78, 5) is 13.7. The van der Waals surface area contributed by atoms with Gasteiger partial charge in [0.2, 0.25) is 11.8 Å². The number of halogens is 3. The molecule has 0 saturated carbocycles. The maximum absolute atomic E-state index is 17.1. The number of phenols is 1. The van der Waals surface area contributed by atoms with Crippen LogP contribution in [-0.4, -0.2) is 81.8 Å². The second-order valence-corrected chi connectivity index (χ2v) is 13.6. The fourth-order valence-corrected chi connectivity index (χ4v) is 8.69. The molecule has 8 rings (SSSR count). The lowest BCUT2D eigenvalue weighted by atomic mass is 9.94. The average molecular weight is 649 g/mol. The average Bonchev–Trinajstić information content (AvgIpc) is 3.43. The van der Waals surface area contributed by atoms with Gasteiger partial charge in [-0.05, 0) is 73.2 Å². The van der Waals surface area contributed by atoms with Crippen LogP contribution in [0.5, 0.6) is 17.5 Å². The van der Waals surface area contributed by atoms with Crippen molar-refractivity contribution < 1.29 is 32.9 Å². The Morgan fingerprint density at radius 3 is 2.77 bits per heavy atom. The van der Waals surface area contributed by atoms with E-state index >= 15 is 8.78 Å². The summed E-state index contributed by atoms with van der Waals surface area (Å²) in [6.45, 7) is 3.42. The summed E-state index contributed by atoms with van der Waals surface area (Å²) in [5.74, 6) is -0.915. The van der Waals surface area contributed by atoms with Crippen LogP contribution in [0.15, 0.2) is 30.3 Å². The number of aliphatic hydroxyl groups is 1. The molecule has 248 valence electrons. The third-order valence-electron chi connectivity index (χ3n) is 10.8. The summed E-state index contributed by atoms with van der Waals surface area (Å²) in [6.07, 6.45) is 5.05. The number of hydrogen-bond donors (Lipinski definition) is 2. The van der Waals surface area contributed by atoms with Gasteiger partial charge >= 0.3 is 0 Å². The van der Waals surface area contributed by atoms with E-state index in [9.17, 15) is 14.6 Å². The van der Waals surface area contributed by atoms with Gasteiger partial charge < -0.3 is 24.6 Å². The van der Waals surface area contributed by atoms with Crippen molar-refractivity contribution in [3.05, 3.63) is 47.5 Å². The minimum Gasteiger partial charge on any atom is -0.508 e. The van der Waals surface area contributed by atoms with E-state index in [1.54, 1.807) is 12.1 Å². The zero-order valence-electron chi connectivity index (χ0n) is 26.4. The number of rotatable bonds is 6. The minimum atomic E-state index is -0.919. The summed E-state index contributed by atoms with van der Waals surface area (Å²) in [5, 5.41) is 22.6. The number of ether oxygens (including phenoxy) is 2. The van der Waals surface area contributed by atoms with Gasteiger partial charge in [-0.15, -0.1) is 0 Å². The monoisotopic (exact) mass is 648 g/mol. The first-order valence-corrected chi connectivity index (χ1v) is 16.8. The highest BCUT2D eigenvalue weighted by atomic mass is 19.1. The number of phenolic OH excluding ortho intramolecular Hbond substituents is 1. The first-order valence-electron chi connectivity index (χ1n) is 16.8. The number of benzene rings is 2. The minimum absolute atomic E-state index is 0.0272. The van der Waals surface area contributed by atoms with Crippen LogP contribution in [-0.2, 0) is 6.42 Å². The van der Waals surface area contributed by atoms with Gasteiger partial charge in [0.1, 0.15) is 42.2 Å². The molecule has 4 aliphatic rings. The Hall–Kier alpha value is -3.83. The zero-order chi connectivity index (χ0) is 32.4. The van der Waals surface area contributed by atoms with Crippen molar-refractivity contribution >= 4 is 27.4 Å². The Balaban J connectivity index is 1.35. The van der Waals surface area contributed by atoms with Gasteiger partial charge in [0, 0.05) is 24.6 Å². The number of aromatic nitrogens is 2. The molecular formula is C36H39F3N4O4. The van der Waals surface area contributed by atoms with Crippen LogP contribution >= 0.6 is 0 Å². The number of alkyl halides is 1. The van der Waals surface area contributed by atoms with Crippen molar-refractivity contribution in [2.24, 2.45) is 0 Å². The van der Waals surface area contributed by atoms with Crippen molar-refractivity contribution in [3.63, 3.8) is 0 Å². The van der Waals surface area contributed by atoms with Gasteiger partial charge in [0.25, 0.3) is 0 Å². The number of aromatic hydroxyl groups is 1. The van der Waals surface area contributed by atoms with Gasteiger partial charge in [-0.25, -0.2) is 23.1 Å². The molecule has 0 spiro atoms. The Kier molecular flexibility index (Phi) is 7.59. The predicted molar refractivity (Wildman–Crippen MR) is 173 cm³/mol. The number of pyridine rings is 2. The second kappa shape index (κ2) is 11.7. The molecule has 0 bridgehead atoms. The van der Waals surface area contributed by atoms with Gasteiger partial charge in [-0.2, -0.15) is 0 Å². The van der Waals surface area contributed by atoms with E-state index in [1.165, 1.54) is 18.2 Å². The summed E-state index contributed by atoms with van der Waals surface area (Å²) in [7, 11) is 0. The lowest BCUT2D eigenvalue weighted by molar-refractivity contribution is 0.111. The van der Waals surface area contributed by atoms with Crippen molar-refractivity contribution in [2.45, 2.75) is 82.1 Å². The largest absolute Gasteiger partial charge is 0.508 e. The van der Waals surface area contributed by atoms with Crippen molar-refractivity contribution in [1.29, 1.82) is 0 Å². The lowest BCUT2D eigenvalue weighted by Gasteiger charge is -2.36. The molecule has 0 amide bonds. The second-order valence-electron chi connectivity index (χ2n) is 13.6. The SMILES string of the molecule is CCc1c(F)ccc2cc(O)cc(-c3nc4c5c(cc(OC[C@@]67CCCN6CC(F)C7)nc5c3F)N3[C@@H](CO)CCCC[C@H]3CO4)c12. The van der Waals surface area contributed by atoms with Crippen molar-refractivity contribution in [3.8, 4) is 28.8 Å². The van der Waals surface area contributed by atoms with E-state index in [0.29, 0.717) is 46.8 Å². The molecule has 4 atom stereocenters. The fourth-order valence-electron chi connectivity index (χ4n) is 8.69. The molecule has 8 nitrogen and oxygen atoms in total. The molecule has 0 aliphatic carbocycles. The number of aliphatic hydroxyl groups excluding tert-OH is 1. The number of aryl methyl sites for hydroxylation is 1. The van der Waals surface area contributed by atoms with Crippen LogP contribution in [0.2, 0.25) is 0 Å². The van der Waals surface area contributed by atoms with Crippen LogP contribution in [0.1, 0.15) is 57.4 Å². The first kappa shape index (κ1) is 30.5. The van der Waals surface area contributed by atoms with Gasteiger partial charge in [-0.3, -0.25) is 4.90 Å². The lowest BCUT2D eigenvalue weighted by Crippen LogP contribution is -2.46.